The van der Waals surface area contributed by atoms with Gasteiger partial charge in [-0.25, -0.2) is 0 Å². The molecular formula is C7H16Cl2N6. The highest BCUT2D eigenvalue weighted by Gasteiger charge is 2.11. The minimum atomic E-state index is 0. The van der Waals surface area contributed by atoms with Crippen molar-refractivity contribution in [1.82, 2.24) is 25.4 Å². The zero-order chi connectivity index (χ0) is 9.10. The standard InChI is InChI=1S/C7H14N6.2ClH/c8-7-10-6(11-12-7)5-13-3-1-9-2-4-13;;/h9H,1-5H2,(H3,8,10,11,12);2*1H. The number of hydrogen-bond acceptors (Lipinski definition) is 5. The van der Waals surface area contributed by atoms with Gasteiger partial charge in [-0.2, -0.15) is 4.98 Å². The summed E-state index contributed by atoms with van der Waals surface area (Å²) in [4.78, 5) is 6.37. The zero-order valence-electron chi connectivity index (χ0n) is 8.27. The number of aromatic nitrogens is 3. The first-order chi connectivity index (χ1) is 6.34. The average Bonchev–Trinajstić information content (AvgIpc) is 2.53. The van der Waals surface area contributed by atoms with Crippen molar-refractivity contribution in [2.45, 2.75) is 6.54 Å². The van der Waals surface area contributed by atoms with Gasteiger partial charge in [0, 0.05) is 26.2 Å². The van der Waals surface area contributed by atoms with E-state index in [1.807, 2.05) is 0 Å². The molecule has 1 aromatic rings. The molecule has 0 aromatic carbocycles. The van der Waals surface area contributed by atoms with Crippen LogP contribution in [0.4, 0.5) is 5.95 Å². The Kier molecular flexibility index (Phi) is 6.58. The van der Waals surface area contributed by atoms with Gasteiger partial charge in [0.15, 0.2) is 0 Å². The van der Waals surface area contributed by atoms with Crippen LogP contribution >= 0.6 is 24.8 Å². The maximum atomic E-state index is 5.40. The summed E-state index contributed by atoms with van der Waals surface area (Å²) in [6.07, 6.45) is 0. The predicted octanol–water partition coefficient (Wildman–Crippen LogP) is -0.364. The molecule has 0 amide bonds. The quantitative estimate of drug-likeness (QED) is 0.672. The molecule has 88 valence electrons. The van der Waals surface area contributed by atoms with E-state index >= 15 is 0 Å². The first kappa shape index (κ1) is 14.4. The molecule has 1 aromatic heterocycles. The van der Waals surface area contributed by atoms with Crippen molar-refractivity contribution in [2.75, 3.05) is 31.9 Å². The lowest BCUT2D eigenvalue weighted by molar-refractivity contribution is 0.228. The second-order valence-electron chi connectivity index (χ2n) is 3.17. The van der Waals surface area contributed by atoms with Crippen LogP contribution in [0, 0.1) is 0 Å². The molecule has 0 radical (unpaired) electrons. The number of H-pyrrole nitrogens is 1. The van der Waals surface area contributed by atoms with Gasteiger partial charge in [0.1, 0.15) is 5.82 Å². The fourth-order valence-electron chi connectivity index (χ4n) is 1.46. The first-order valence-corrected chi connectivity index (χ1v) is 4.44. The smallest absolute Gasteiger partial charge is 0.239 e. The van der Waals surface area contributed by atoms with Crippen LogP contribution in [0.1, 0.15) is 5.82 Å². The van der Waals surface area contributed by atoms with E-state index in [2.05, 4.69) is 25.4 Å². The summed E-state index contributed by atoms with van der Waals surface area (Å²) in [5.41, 5.74) is 5.40. The number of piperazine rings is 1. The van der Waals surface area contributed by atoms with E-state index in [-0.39, 0.29) is 24.8 Å². The van der Waals surface area contributed by atoms with Crippen molar-refractivity contribution in [3.05, 3.63) is 5.82 Å². The van der Waals surface area contributed by atoms with Crippen LogP contribution in [-0.2, 0) is 6.54 Å². The highest BCUT2D eigenvalue weighted by Crippen LogP contribution is 2.00. The molecule has 0 spiro atoms. The lowest BCUT2D eigenvalue weighted by Gasteiger charge is -2.25. The maximum Gasteiger partial charge on any atom is 0.239 e. The molecule has 0 bridgehead atoms. The van der Waals surface area contributed by atoms with Crippen LogP contribution in [0.25, 0.3) is 0 Å². The predicted molar refractivity (Wildman–Crippen MR) is 63.4 cm³/mol. The molecule has 0 atom stereocenters. The van der Waals surface area contributed by atoms with Crippen LogP contribution in [0.15, 0.2) is 0 Å². The lowest BCUT2D eigenvalue weighted by atomic mass is 10.3. The first-order valence-electron chi connectivity index (χ1n) is 4.44. The third-order valence-corrected chi connectivity index (χ3v) is 2.13. The Bertz CT molecular complexity index is 272. The number of aromatic amines is 1. The molecule has 2 rings (SSSR count). The third-order valence-electron chi connectivity index (χ3n) is 2.13. The van der Waals surface area contributed by atoms with Crippen molar-refractivity contribution >= 4 is 30.8 Å². The molecule has 0 aliphatic carbocycles. The van der Waals surface area contributed by atoms with Crippen molar-refractivity contribution in [1.29, 1.82) is 0 Å². The van der Waals surface area contributed by atoms with Gasteiger partial charge < -0.3 is 11.1 Å². The number of nitrogens with two attached hydrogens (primary N) is 1. The highest BCUT2D eigenvalue weighted by molar-refractivity contribution is 5.85. The van der Waals surface area contributed by atoms with Crippen molar-refractivity contribution in [2.24, 2.45) is 0 Å². The molecule has 0 unspecified atom stereocenters. The minimum absolute atomic E-state index is 0. The van der Waals surface area contributed by atoms with Crippen LogP contribution in [-0.4, -0.2) is 46.3 Å². The van der Waals surface area contributed by atoms with Gasteiger partial charge in [-0.15, -0.1) is 29.9 Å². The Morgan fingerprint density at radius 1 is 1.27 bits per heavy atom. The van der Waals surface area contributed by atoms with E-state index in [0.717, 1.165) is 38.5 Å². The topological polar surface area (TPSA) is 82.9 Å². The number of nitrogen functional groups attached to an aromatic ring is 1. The van der Waals surface area contributed by atoms with E-state index in [1.54, 1.807) is 0 Å². The Balaban J connectivity index is 0.000000980. The lowest BCUT2D eigenvalue weighted by Crippen LogP contribution is -2.43. The average molecular weight is 255 g/mol. The summed E-state index contributed by atoms with van der Waals surface area (Å²) in [6.45, 7) is 5.01. The number of hydrogen-bond donors (Lipinski definition) is 3. The van der Waals surface area contributed by atoms with Gasteiger partial charge in [0.25, 0.3) is 0 Å². The Labute approximate surface area is 101 Å². The Morgan fingerprint density at radius 3 is 2.47 bits per heavy atom. The number of rotatable bonds is 2. The van der Waals surface area contributed by atoms with Crippen molar-refractivity contribution < 1.29 is 0 Å². The molecule has 8 heteroatoms. The number of nitrogens with one attached hydrogen (secondary N) is 2. The summed E-state index contributed by atoms with van der Waals surface area (Å²) in [5, 5.41) is 9.88. The molecule has 1 aliphatic heterocycles. The normalized spacial score (nSPS) is 16.5. The van der Waals surface area contributed by atoms with Gasteiger partial charge in [0.2, 0.25) is 5.95 Å². The fraction of sp³-hybridized carbons (Fsp3) is 0.714. The molecule has 0 saturated carbocycles. The molecule has 1 saturated heterocycles. The molecular weight excluding hydrogens is 239 g/mol. The van der Waals surface area contributed by atoms with Gasteiger partial charge in [-0.05, 0) is 0 Å². The number of nitrogens with zero attached hydrogens (tertiary/aromatic N) is 3. The molecule has 1 aliphatic rings. The maximum absolute atomic E-state index is 5.40. The summed E-state index contributed by atoms with van der Waals surface area (Å²) < 4.78 is 0. The second kappa shape index (κ2) is 6.84. The van der Waals surface area contributed by atoms with E-state index < -0.39 is 0 Å². The van der Waals surface area contributed by atoms with E-state index in [4.69, 9.17) is 5.73 Å². The second-order valence-corrected chi connectivity index (χ2v) is 3.17. The van der Waals surface area contributed by atoms with Gasteiger partial charge >= 0.3 is 0 Å². The number of halogens is 2. The van der Waals surface area contributed by atoms with Crippen LogP contribution in [0.2, 0.25) is 0 Å². The summed E-state index contributed by atoms with van der Waals surface area (Å²) >= 11 is 0. The minimum Gasteiger partial charge on any atom is -0.367 e. The SMILES string of the molecule is Cl.Cl.Nc1n[nH]c(CN2CCNCC2)n1. The van der Waals surface area contributed by atoms with Gasteiger partial charge in [0.05, 0.1) is 6.54 Å². The monoisotopic (exact) mass is 254 g/mol. The van der Waals surface area contributed by atoms with E-state index in [1.165, 1.54) is 0 Å². The molecule has 4 N–H and O–H groups in total. The van der Waals surface area contributed by atoms with E-state index in [9.17, 15) is 0 Å². The third kappa shape index (κ3) is 4.21. The molecule has 15 heavy (non-hydrogen) atoms. The summed E-state index contributed by atoms with van der Waals surface area (Å²) in [5.74, 6) is 1.17. The van der Waals surface area contributed by atoms with Crippen molar-refractivity contribution in [3.63, 3.8) is 0 Å². The Hall–Kier alpha value is -0.560. The van der Waals surface area contributed by atoms with Crippen LogP contribution in [0.5, 0.6) is 0 Å². The molecule has 1 fully saturated rings. The van der Waals surface area contributed by atoms with Crippen LogP contribution < -0.4 is 11.1 Å². The highest BCUT2D eigenvalue weighted by atomic mass is 35.5. The summed E-state index contributed by atoms with van der Waals surface area (Å²) in [6, 6.07) is 0. The molecule has 6 nitrogen and oxygen atoms in total. The Morgan fingerprint density at radius 2 is 1.93 bits per heavy atom. The van der Waals surface area contributed by atoms with Crippen molar-refractivity contribution in [3.8, 4) is 0 Å². The number of anilines is 1. The summed E-state index contributed by atoms with van der Waals surface area (Å²) in [7, 11) is 0. The van der Waals surface area contributed by atoms with E-state index in [0.29, 0.717) is 5.95 Å². The van der Waals surface area contributed by atoms with Gasteiger partial charge in [-0.1, -0.05) is 0 Å². The zero-order valence-corrected chi connectivity index (χ0v) is 9.90. The fourth-order valence-corrected chi connectivity index (χ4v) is 1.46. The molecule has 2 heterocycles. The van der Waals surface area contributed by atoms with Crippen LogP contribution in [0.3, 0.4) is 0 Å². The van der Waals surface area contributed by atoms with Gasteiger partial charge in [-0.3, -0.25) is 10.00 Å². The largest absolute Gasteiger partial charge is 0.367 e.